The van der Waals surface area contributed by atoms with Crippen LogP contribution in [-0.4, -0.2) is 54.5 Å². The number of amides is 1. The van der Waals surface area contributed by atoms with Gasteiger partial charge >= 0.3 is 0 Å². The van der Waals surface area contributed by atoms with Gasteiger partial charge in [0.2, 0.25) is 5.91 Å². The molecule has 104 valence electrons. The molecule has 0 aromatic carbocycles. The van der Waals surface area contributed by atoms with Crippen LogP contribution in [0.3, 0.4) is 0 Å². The lowest BCUT2D eigenvalue weighted by atomic mass is 10.0. The van der Waals surface area contributed by atoms with Crippen LogP contribution in [0.1, 0.15) is 27.2 Å². The summed E-state index contributed by atoms with van der Waals surface area (Å²) in [5.41, 5.74) is 6.94. The van der Waals surface area contributed by atoms with Crippen molar-refractivity contribution in [2.45, 2.75) is 33.2 Å². The fourth-order valence-corrected chi connectivity index (χ4v) is 2.43. The molecule has 1 saturated heterocycles. The lowest BCUT2D eigenvalue weighted by molar-refractivity contribution is -0.131. The van der Waals surface area contributed by atoms with Gasteiger partial charge in [-0.25, -0.2) is 0 Å². The molecule has 0 spiro atoms. The average molecular weight is 253 g/mol. The lowest BCUT2D eigenvalue weighted by Gasteiger charge is -2.24. The largest absolute Gasteiger partial charge is 0.338 e. The number of carbonyl (C=O) groups excluding carboxylic acids is 1. The molecule has 0 saturated carbocycles. The Kier molecular flexibility index (Phi) is 5.82. The summed E-state index contributed by atoms with van der Waals surface area (Å²) in [7, 11) is 0. The molecule has 1 fully saturated rings. The van der Waals surface area contributed by atoms with Crippen LogP contribution in [0, 0.1) is 5.92 Å². The first-order valence-electron chi connectivity index (χ1n) is 6.84. The first-order valence-corrected chi connectivity index (χ1v) is 6.84. The average Bonchev–Trinajstić information content (AvgIpc) is 2.74. The number of nitrogens with zero attached hydrogens (tertiary/aromatic N) is 2. The van der Waals surface area contributed by atoms with Crippen molar-refractivity contribution in [1.29, 1.82) is 0 Å². The SMILES string of the molecule is C=C(C)CN(CC)C(=O)CN1CCC(C(C)N)C1. The van der Waals surface area contributed by atoms with E-state index in [1.54, 1.807) is 0 Å². The van der Waals surface area contributed by atoms with Crippen molar-refractivity contribution < 1.29 is 4.79 Å². The highest BCUT2D eigenvalue weighted by atomic mass is 16.2. The number of nitrogens with two attached hydrogens (primary N) is 1. The number of hydrogen-bond acceptors (Lipinski definition) is 3. The van der Waals surface area contributed by atoms with Gasteiger partial charge in [-0.15, -0.1) is 0 Å². The van der Waals surface area contributed by atoms with Crippen molar-refractivity contribution in [3.05, 3.63) is 12.2 Å². The molecule has 18 heavy (non-hydrogen) atoms. The molecule has 0 radical (unpaired) electrons. The summed E-state index contributed by atoms with van der Waals surface area (Å²) in [5, 5.41) is 0. The van der Waals surface area contributed by atoms with Gasteiger partial charge in [-0.1, -0.05) is 12.2 Å². The first-order chi connectivity index (χ1) is 8.43. The van der Waals surface area contributed by atoms with E-state index in [0.29, 0.717) is 19.0 Å². The number of likely N-dealkylation sites (N-methyl/N-ethyl adjacent to an activating group) is 1. The van der Waals surface area contributed by atoms with Crippen molar-refractivity contribution in [3.63, 3.8) is 0 Å². The third-order valence-electron chi connectivity index (χ3n) is 3.61. The van der Waals surface area contributed by atoms with E-state index in [0.717, 1.165) is 31.6 Å². The van der Waals surface area contributed by atoms with E-state index in [-0.39, 0.29) is 11.9 Å². The molecule has 0 bridgehead atoms. The van der Waals surface area contributed by atoms with Crippen molar-refractivity contribution in [2.24, 2.45) is 11.7 Å². The second-order valence-corrected chi connectivity index (χ2v) is 5.51. The Hall–Kier alpha value is -0.870. The lowest BCUT2D eigenvalue weighted by Crippen LogP contribution is -2.40. The second kappa shape index (κ2) is 6.90. The summed E-state index contributed by atoms with van der Waals surface area (Å²) in [4.78, 5) is 16.2. The Bertz CT molecular complexity index is 301. The van der Waals surface area contributed by atoms with Gasteiger partial charge in [-0.3, -0.25) is 9.69 Å². The predicted octanol–water partition coefficient (Wildman–Crippen LogP) is 1.08. The topological polar surface area (TPSA) is 49.6 Å². The van der Waals surface area contributed by atoms with Gasteiger partial charge in [-0.2, -0.15) is 0 Å². The zero-order chi connectivity index (χ0) is 13.7. The minimum Gasteiger partial charge on any atom is -0.338 e. The molecule has 0 aliphatic carbocycles. The molecular formula is C14H27N3O. The quantitative estimate of drug-likeness (QED) is 0.721. The zero-order valence-electron chi connectivity index (χ0n) is 12.0. The molecule has 4 nitrogen and oxygen atoms in total. The van der Waals surface area contributed by atoms with Gasteiger partial charge in [0.25, 0.3) is 0 Å². The minimum atomic E-state index is 0.200. The van der Waals surface area contributed by atoms with Gasteiger partial charge in [0, 0.05) is 25.7 Å². The fourth-order valence-electron chi connectivity index (χ4n) is 2.43. The van der Waals surface area contributed by atoms with Crippen LogP contribution in [0.15, 0.2) is 12.2 Å². The van der Waals surface area contributed by atoms with Crippen LogP contribution in [0.25, 0.3) is 0 Å². The summed E-state index contributed by atoms with van der Waals surface area (Å²) in [6.45, 7) is 13.8. The number of rotatable bonds is 6. The second-order valence-electron chi connectivity index (χ2n) is 5.51. The Labute approximate surface area is 111 Å². The molecule has 0 aromatic rings. The molecule has 1 aliphatic heterocycles. The maximum atomic E-state index is 12.2. The Balaban J connectivity index is 2.42. The molecular weight excluding hydrogens is 226 g/mol. The Morgan fingerprint density at radius 1 is 1.61 bits per heavy atom. The normalized spacial score (nSPS) is 21.9. The van der Waals surface area contributed by atoms with Crippen LogP contribution < -0.4 is 5.73 Å². The van der Waals surface area contributed by atoms with E-state index in [1.807, 2.05) is 18.7 Å². The summed E-state index contributed by atoms with van der Waals surface area (Å²) >= 11 is 0. The minimum absolute atomic E-state index is 0.200. The molecule has 0 aromatic heterocycles. The maximum absolute atomic E-state index is 12.2. The van der Waals surface area contributed by atoms with Crippen LogP contribution in [-0.2, 0) is 4.79 Å². The van der Waals surface area contributed by atoms with E-state index in [1.165, 1.54) is 0 Å². The van der Waals surface area contributed by atoms with Gasteiger partial charge in [0.05, 0.1) is 6.54 Å². The van der Waals surface area contributed by atoms with E-state index >= 15 is 0 Å². The van der Waals surface area contributed by atoms with Crippen LogP contribution >= 0.6 is 0 Å². The third kappa shape index (κ3) is 4.42. The van der Waals surface area contributed by atoms with E-state index in [9.17, 15) is 4.79 Å². The van der Waals surface area contributed by atoms with Crippen LogP contribution in [0.4, 0.5) is 0 Å². The highest BCUT2D eigenvalue weighted by Crippen LogP contribution is 2.18. The standard InChI is InChI=1S/C14H27N3O/c1-5-17(8-11(2)3)14(18)10-16-7-6-13(9-16)12(4)15/h12-13H,2,5-10,15H2,1,3-4H3. The van der Waals surface area contributed by atoms with Crippen molar-refractivity contribution in [3.8, 4) is 0 Å². The Morgan fingerprint density at radius 3 is 2.72 bits per heavy atom. The summed E-state index contributed by atoms with van der Waals surface area (Å²) < 4.78 is 0. The Morgan fingerprint density at radius 2 is 2.28 bits per heavy atom. The van der Waals surface area contributed by atoms with Gasteiger partial charge in [0.15, 0.2) is 0 Å². The summed E-state index contributed by atoms with van der Waals surface area (Å²) in [6.07, 6.45) is 1.11. The maximum Gasteiger partial charge on any atom is 0.237 e. The monoisotopic (exact) mass is 253 g/mol. The first kappa shape index (κ1) is 15.2. The molecule has 2 N–H and O–H groups in total. The predicted molar refractivity (Wildman–Crippen MR) is 75.3 cm³/mol. The van der Waals surface area contributed by atoms with E-state index < -0.39 is 0 Å². The molecule has 4 heteroatoms. The van der Waals surface area contributed by atoms with Crippen LogP contribution in [0.5, 0.6) is 0 Å². The molecule has 1 heterocycles. The molecule has 1 aliphatic rings. The summed E-state index contributed by atoms with van der Waals surface area (Å²) in [6, 6.07) is 0.225. The molecule has 2 unspecified atom stereocenters. The van der Waals surface area contributed by atoms with Crippen LogP contribution in [0.2, 0.25) is 0 Å². The van der Waals surface area contributed by atoms with E-state index in [2.05, 4.69) is 18.4 Å². The summed E-state index contributed by atoms with van der Waals surface area (Å²) in [5.74, 6) is 0.736. The highest BCUT2D eigenvalue weighted by Gasteiger charge is 2.27. The smallest absolute Gasteiger partial charge is 0.237 e. The van der Waals surface area contributed by atoms with Gasteiger partial charge in [-0.05, 0) is 39.7 Å². The van der Waals surface area contributed by atoms with Gasteiger partial charge in [0.1, 0.15) is 0 Å². The fraction of sp³-hybridized carbons (Fsp3) is 0.786. The van der Waals surface area contributed by atoms with Crippen molar-refractivity contribution in [1.82, 2.24) is 9.80 Å². The molecule has 1 amide bonds. The number of likely N-dealkylation sites (tertiary alicyclic amines) is 1. The highest BCUT2D eigenvalue weighted by molar-refractivity contribution is 5.78. The number of hydrogen-bond donors (Lipinski definition) is 1. The molecule has 2 atom stereocenters. The number of carbonyl (C=O) groups is 1. The zero-order valence-corrected chi connectivity index (χ0v) is 12.0. The third-order valence-corrected chi connectivity index (χ3v) is 3.61. The van der Waals surface area contributed by atoms with E-state index in [4.69, 9.17) is 5.73 Å². The molecule has 1 rings (SSSR count). The van der Waals surface area contributed by atoms with Crippen molar-refractivity contribution in [2.75, 3.05) is 32.7 Å². The van der Waals surface area contributed by atoms with Gasteiger partial charge < -0.3 is 10.6 Å². The van der Waals surface area contributed by atoms with Crippen molar-refractivity contribution >= 4 is 5.91 Å².